The van der Waals surface area contributed by atoms with E-state index in [-0.39, 0.29) is 12.5 Å². The number of oxazole rings is 1. The molecule has 0 spiro atoms. The molecule has 2 aromatic carbocycles. The van der Waals surface area contributed by atoms with Gasteiger partial charge in [-0.1, -0.05) is 49.4 Å². The van der Waals surface area contributed by atoms with Crippen LogP contribution >= 0.6 is 0 Å². The molecule has 1 heterocycles. The van der Waals surface area contributed by atoms with Gasteiger partial charge in [0.1, 0.15) is 5.52 Å². The Hall–Kier alpha value is -2.44. The van der Waals surface area contributed by atoms with Crippen molar-refractivity contribution < 1.29 is 12.8 Å². The molecule has 3 aromatic rings. The van der Waals surface area contributed by atoms with E-state index >= 15 is 0 Å². The van der Waals surface area contributed by atoms with Crippen LogP contribution in [-0.4, -0.2) is 19.9 Å². The van der Waals surface area contributed by atoms with Crippen LogP contribution in [0.25, 0.3) is 17.2 Å². The predicted octanol–water partition coefficient (Wildman–Crippen LogP) is 3.52. The van der Waals surface area contributed by atoms with Crippen LogP contribution in [0, 0.1) is 0 Å². The van der Waals surface area contributed by atoms with Gasteiger partial charge in [-0.15, -0.1) is 0 Å². The highest BCUT2D eigenvalue weighted by atomic mass is 32.2. The van der Waals surface area contributed by atoms with Crippen LogP contribution in [0.1, 0.15) is 24.3 Å². The quantitative estimate of drug-likeness (QED) is 0.744. The van der Waals surface area contributed by atoms with Gasteiger partial charge in [-0.3, -0.25) is 0 Å². The molecule has 0 aliphatic carbocycles. The number of benzene rings is 2. The fourth-order valence-electron chi connectivity index (χ4n) is 2.21. The topological polar surface area (TPSA) is 72.2 Å². The molecule has 0 radical (unpaired) electrons. The van der Waals surface area contributed by atoms with Gasteiger partial charge in [0.25, 0.3) is 0 Å². The number of nitrogens with zero attached hydrogens (tertiary/aromatic N) is 1. The third-order valence-corrected chi connectivity index (χ3v) is 4.63. The summed E-state index contributed by atoms with van der Waals surface area (Å²) in [5, 5.41) is 1.17. The molecule has 6 heteroatoms. The lowest BCUT2D eigenvalue weighted by Gasteiger charge is -2.07. The van der Waals surface area contributed by atoms with Crippen LogP contribution in [0.4, 0.5) is 0 Å². The minimum absolute atomic E-state index is 0.169. The molecular weight excluding hydrogens is 324 g/mol. The van der Waals surface area contributed by atoms with Crippen molar-refractivity contribution in [2.75, 3.05) is 6.54 Å². The Morgan fingerprint density at radius 3 is 2.58 bits per heavy atom. The van der Waals surface area contributed by atoms with Gasteiger partial charge < -0.3 is 4.42 Å². The zero-order valence-corrected chi connectivity index (χ0v) is 14.0. The number of aromatic nitrogens is 1. The zero-order chi connectivity index (χ0) is 17.0. The van der Waals surface area contributed by atoms with Gasteiger partial charge in [0, 0.05) is 17.9 Å². The van der Waals surface area contributed by atoms with Crippen LogP contribution in [0.15, 0.2) is 64.4 Å². The minimum atomic E-state index is -3.51. The minimum Gasteiger partial charge on any atom is -0.440 e. The Balaban J connectivity index is 1.64. The molecule has 0 amide bonds. The van der Waals surface area contributed by atoms with Gasteiger partial charge in [-0.25, -0.2) is 18.1 Å². The Morgan fingerprint density at radius 1 is 1.12 bits per heavy atom. The summed E-state index contributed by atoms with van der Waals surface area (Å²) in [4.78, 5) is 4.39. The van der Waals surface area contributed by atoms with Gasteiger partial charge in [0.15, 0.2) is 11.5 Å². The fourth-order valence-corrected chi connectivity index (χ4v) is 3.12. The van der Waals surface area contributed by atoms with Gasteiger partial charge in [-0.05, 0) is 23.8 Å². The van der Waals surface area contributed by atoms with Gasteiger partial charge in [0.05, 0.1) is 0 Å². The molecule has 0 saturated heterocycles. The molecule has 0 fully saturated rings. The average Bonchev–Trinajstić information content (AvgIpc) is 3.03. The average molecular weight is 342 g/mol. The Kier molecular flexibility index (Phi) is 4.78. The molecule has 0 aliphatic heterocycles. The van der Waals surface area contributed by atoms with E-state index in [0.717, 1.165) is 11.1 Å². The zero-order valence-electron chi connectivity index (χ0n) is 13.2. The summed E-state index contributed by atoms with van der Waals surface area (Å²) in [6, 6.07) is 16.7. The first-order valence-corrected chi connectivity index (χ1v) is 9.16. The van der Waals surface area contributed by atoms with E-state index in [9.17, 15) is 8.42 Å². The number of rotatable bonds is 6. The predicted molar refractivity (Wildman–Crippen MR) is 94.8 cm³/mol. The molecule has 3 rings (SSSR count). The SMILES string of the molecule is C[C@H](CNS(=O)(=O)/C=C/c1ccccc1)c1nc2ccccc2o1. The first-order chi connectivity index (χ1) is 11.5. The standard InChI is InChI=1S/C18H18N2O3S/c1-14(18-20-16-9-5-6-10-17(16)23-18)13-19-24(21,22)12-11-15-7-3-2-4-8-15/h2-12,14,19H,13H2,1H3/b12-11+/t14-/m1/s1. The maximum atomic E-state index is 12.1. The fraction of sp³-hybridized carbons (Fsp3) is 0.167. The van der Waals surface area contributed by atoms with Crippen LogP contribution in [-0.2, 0) is 10.0 Å². The van der Waals surface area contributed by atoms with Crippen LogP contribution in [0.3, 0.4) is 0 Å². The van der Waals surface area contributed by atoms with Crippen molar-refractivity contribution >= 4 is 27.2 Å². The summed E-state index contributed by atoms with van der Waals surface area (Å²) in [6.07, 6.45) is 1.56. The number of hydrogen-bond acceptors (Lipinski definition) is 4. The number of para-hydroxylation sites is 2. The normalized spacial score (nSPS) is 13.5. The van der Waals surface area contributed by atoms with Crippen molar-refractivity contribution in [3.8, 4) is 0 Å². The Bertz CT molecular complexity index is 914. The van der Waals surface area contributed by atoms with E-state index in [1.807, 2.05) is 61.5 Å². The van der Waals surface area contributed by atoms with Gasteiger partial charge >= 0.3 is 0 Å². The number of hydrogen-bond donors (Lipinski definition) is 1. The van der Waals surface area contributed by atoms with E-state index in [2.05, 4.69) is 9.71 Å². The molecule has 0 bridgehead atoms. The van der Waals surface area contributed by atoms with Gasteiger partial charge in [0.2, 0.25) is 10.0 Å². The molecule has 1 atom stereocenters. The van der Waals surface area contributed by atoms with E-state index in [1.54, 1.807) is 6.08 Å². The molecule has 0 unspecified atom stereocenters. The smallest absolute Gasteiger partial charge is 0.233 e. The van der Waals surface area contributed by atoms with Crippen LogP contribution in [0.2, 0.25) is 0 Å². The third kappa shape index (κ3) is 4.10. The first-order valence-electron chi connectivity index (χ1n) is 7.62. The molecule has 1 N–H and O–H groups in total. The molecular formula is C18H18N2O3S. The number of sulfonamides is 1. The first kappa shape index (κ1) is 16.4. The van der Waals surface area contributed by atoms with Crippen LogP contribution < -0.4 is 4.72 Å². The highest BCUT2D eigenvalue weighted by Crippen LogP contribution is 2.20. The summed E-state index contributed by atoms with van der Waals surface area (Å²) in [5.74, 6) is 0.350. The van der Waals surface area contributed by atoms with Crippen molar-refractivity contribution in [1.29, 1.82) is 0 Å². The van der Waals surface area contributed by atoms with Crippen LogP contribution in [0.5, 0.6) is 0 Å². The monoisotopic (exact) mass is 342 g/mol. The third-order valence-electron chi connectivity index (χ3n) is 3.56. The van der Waals surface area contributed by atoms with E-state index in [1.165, 1.54) is 5.41 Å². The highest BCUT2D eigenvalue weighted by Gasteiger charge is 2.15. The Morgan fingerprint density at radius 2 is 1.83 bits per heavy atom. The summed E-state index contributed by atoms with van der Waals surface area (Å²) < 4.78 is 32.3. The van der Waals surface area contributed by atoms with Crippen molar-refractivity contribution in [2.24, 2.45) is 0 Å². The lowest BCUT2D eigenvalue weighted by atomic mass is 10.2. The molecule has 24 heavy (non-hydrogen) atoms. The second-order valence-electron chi connectivity index (χ2n) is 5.53. The number of nitrogens with one attached hydrogen (secondary N) is 1. The maximum absolute atomic E-state index is 12.1. The second-order valence-corrected chi connectivity index (χ2v) is 7.18. The molecule has 124 valence electrons. The van der Waals surface area contributed by atoms with Crippen molar-refractivity contribution in [2.45, 2.75) is 12.8 Å². The molecule has 1 aromatic heterocycles. The summed E-state index contributed by atoms with van der Waals surface area (Å²) >= 11 is 0. The van der Waals surface area contributed by atoms with Crippen molar-refractivity contribution in [3.63, 3.8) is 0 Å². The van der Waals surface area contributed by atoms with Crippen molar-refractivity contribution in [1.82, 2.24) is 9.71 Å². The molecule has 0 saturated carbocycles. The lowest BCUT2D eigenvalue weighted by molar-refractivity contribution is 0.481. The highest BCUT2D eigenvalue weighted by molar-refractivity contribution is 7.92. The van der Waals surface area contributed by atoms with Crippen molar-refractivity contribution in [3.05, 3.63) is 71.5 Å². The summed E-state index contributed by atoms with van der Waals surface area (Å²) in [6.45, 7) is 2.09. The van der Waals surface area contributed by atoms with Gasteiger partial charge in [-0.2, -0.15) is 0 Å². The van der Waals surface area contributed by atoms with E-state index in [4.69, 9.17) is 4.42 Å². The summed E-state index contributed by atoms with van der Waals surface area (Å²) in [5.41, 5.74) is 2.30. The van der Waals surface area contributed by atoms with E-state index < -0.39 is 10.0 Å². The maximum Gasteiger partial charge on any atom is 0.233 e. The summed E-state index contributed by atoms with van der Waals surface area (Å²) in [7, 11) is -3.51. The Labute approximate surface area is 141 Å². The second kappa shape index (κ2) is 6.98. The lowest BCUT2D eigenvalue weighted by Crippen LogP contribution is -2.25. The molecule has 0 aliphatic rings. The van der Waals surface area contributed by atoms with E-state index in [0.29, 0.717) is 11.5 Å². The molecule has 5 nitrogen and oxygen atoms in total. The largest absolute Gasteiger partial charge is 0.440 e. The number of fused-ring (bicyclic) bond motifs is 1.